The minimum atomic E-state index is -0.650. The summed E-state index contributed by atoms with van der Waals surface area (Å²) in [6.45, 7) is 1.41. The second-order valence-electron chi connectivity index (χ2n) is 8.15. The van der Waals surface area contributed by atoms with E-state index in [2.05, 4.69) is 4.99 Å². The molecule has 3 aromatic rings. The van der Waals surface area contributed by atoms with Crippen LogP contribution in [0.2, 0.25) is 0 Å². The van der Waals surface area contributed by atoms with E-state index < -0.39 is 16.8 Å². The number of ether oxygens (including phenoxy) is 3. The van der Waals surface area contributed by atoms with Crippen LogP contribution in [0.3, 0.4) is 0 Å². The lowest BCUT2D eigenvalue weighted by Gasteiger charge is -2.28. The maximum absolute atomic E-state index is 13.1. The van der Waals surface area contributed by atoms with Gasteiger partial charge in [-0.25, -0.2) is 0 Å². The lowest BCUT2D eigenvalue weighted by molar-refractivity contribution is -0.384. The number of aromatic nitrogens is 1. The smallest absolute Gasteiger partial charge is 0.325 e. The third-order valence-corrected chi connectivity index (χ3v) is 7.05. The van der Waals surface area contributed by atoms with Crippen LogP contribution in [0.25, 0.3) is 10.2 Å². The SMILES string of the molecule is COC(=O)Cn1c(=NC(=O)c2ccc(N3CCCCC3)c([N+](=O)[O-])c2)sc2cc3c(cc21)OCO3. The molecule has 12 heteroatoms. The minimum absolute atomic E-state index is 0.0914. The fourth-order valence-electron chi connectivity index (χ4n) is 4.25. The summed E-state index contributed by atoms with van der Waals surface area (Å²) in [7, 11) is 1.27. The highest BCUT2D eigenvalue weighted by molar-refractivity contribution is 7.16. The van der Waals surface area contributed by atoms with Crippen molar-refractivity contribution in [3.8, 4) is 11.5 Å². The van der Waals surface area contributed by atoms with E-state index >= 15 is 0 Å². The Morgan fingerprint density at radius 1 is 1.14 bits per heavy atom. The molecule has 182 valence electrons. The average Bonchev–Trinajstić information content (AvgIpc) is 3.46. The highest BCUT2D eigenvalue weighted by Gasteiger charge is 2.24. The quantitative estimate of drug-likeness (QED) is 0.298. The lowest BCUT2D eigenvalue weighted by atomic mass is 10.1. The van der Waals surface area contributed by atoms with Crippen molar-refractivity contribution in [3.05, 3.63) is 50.8 Å². The summed E-state index contributed by atoms with van der Waals surface area (Å²) in [5.74, 6) is -0.0808. The van der Waals surface area contributed by atoms with E-state index in [-0.39, 0.29) is 29.4 Å². The Labute approximate surface area is 203 Å². The maximum Gasteiger partial charge on any atom is 0.325 e. The van der Waals surface area contributed by atoms with Gasteiger partial charge in [0, 0.05) is 36.9 Å². The van der Waals surface area contributed by atoms with Crippen molar-refractivity contribution in [2.45, 2.75) is 25.8 Å². The molecule has 1 aromatic heterocycles. The normalized spacial score (nSPS) is 15.5. The number of thiazole rings is 1. The molecule has 0 unspecified atom stereocenters. The van der Waals surface area contributed by atoms with E-state index in [1.165, 1.54) is 24.5 Å². The number of nitro benzene ring substituents is 1. The van der Waals surface area contributed by atoms with Crippen LogP contribution in [0.1, 0.15) is 29.6 Å². The van der Waals surface area contributed by atoms with Gasteiger partial charge in [0.05, 0.1) is 22.2 Å². The average molecular weight is 499 g/mol. The second-order valence-corrected chi connectivity index (χ2v) is 9.15. The molecule has 1 saturated heterocycles. The molecule has 1 fully saturated rings. The van der Waals surface area contributed by atoms with Crippen molar-refractivity contribution in [2.75, 3.05) is 31.9 Å². The number of nitro groups is 1. The van der Waals surface area contributed by atoms with Gasteiger partial charge in [0.1, 0.15) is 12.2 Å². The van der Waals surface area contributed by atoms with Crippen molar-refractivity contribution in [1.29, 1.82) is 0 Å². The summed E-state index contributed by atoms with van der Waals surface area (Å²) < 4.78 is 18.0. The number of amides is 1. The summed E-state index contributed by atoms with van der Waals surface area (Å²) in [6, 6.07) is 7.91. The van der Waals surface area contributed by atoms with Gasteiger partial charge in [0.15, 0.2) is 16.3 Å². The zero-order valence-corrected chi connectivity index (χ0v) is 19.7. The molecule has 2 aliphatic heterocycles. The maximum atomic E-state index is 13.1. The van der Waals surface area contributed by atoms with E-state index in [4.69, 9.17) is 14.2 Å². The van der Waals surface area contributed by atoms with Gasteiger partial charge >= 0.3 is 5.97 Å². The molecule has 0 bridgehead atoms. The van der Waals surface area contributed by atoms with Gasteiger partial charge in [0.25, 0.3) is 11.6 Å². The number of hydrogen-bond donors (Lipinski definition) is 0. The molecule has 0 radical (unpaired) electrons. The number of esters is 1. The Kier molecular flexibility index (Phi) is 6.12. The molecular weight excluding hydrogens is 476 g/mol. The zero-order chi connectivity index (χ0) is 24.5. The number of anilines is 1. The van der Waals surface area contributed by atoms with E-state index in [0.717, 1.165) is 37.1 Å². The molecule has 3 heterocycles. The van der Waals surface area contributed by atoms with E-state index in [0.29, 0.717) is 22.7 Å². The van der Waals surface area contributed by atoms with Crippen molar-refractivity contribution in [1.82, 2.24) is 4.57 Å². The first-order valence-electron chi connectivity index (χ1n) is 11.1. The van der Waals surface area contributed by atoms with Crippen LogP contribution in [0.15, 0.2) is 35.3 Å². The molecule has 5 rings (SSSR count). The fourth-order valence-corrected chi connectivity index (χ4v) is 5.29. The number of piperidine rings is 1. The van der Waals surface area contributed by atoms with Crippen LogP contribution in [-0.2, 0) is 16.1 Å². The van der Waals surface area contributed by atoms with E-state index in [1.54, 1.807) is 28.8 Å². The van der Waals surface area contributed by atoms with Gasteiger partial charge in [0.2, 0.25) is 6.79 Å². The van der Waals surface area contributed by atoms with E-state index in [9.17, 15) is 19.7 Å². The molecule has 1 amide bonds. The summed E-state index contributed by atoms with van der Waals surface area (Å²) in [5.41, 5.74) is 1.09. The minimum Gasteiger partial charge on any atom is -0.468 e. The number of fused-ring (bicyclic) bond motifs is 2. The third-order valence-electron chi connectivity index (χ3n) is 6.00. The van der Waals surface area contributed by atoms with Gasteiger partial charge in [-0.2, -0.15) is 4.99 Å². The van der Waals surface area contributed by atoms with Gasteiger partial charge in [-0.05, 0) is 31.4 Å². The molecule has 2 aliphatic rings. The van der Waals surface area contributed by atoms with Crippen molar-refractivity contribution in [3.63, 3.8) is 0 Å². The number of carbonyl (C=O) groups excluding carboxylic acids is 2. The fraction of sp³-hybridized carbons (Fsp3) is 0.348. The van der Waals surface area contributed by atoms with Crippen molar-refractivity contribution < 1.29 is 28.7 Å². The third kappa shape index (κ3) is 4.44. The number of benzene rings is 2. The lowest BCUT2D eigenvalue weighted by Crippen LogP contribution is -2.30. The summed E-state index contributed by atoms with van der Waals surface area (Å²) >= 11 is 1.19. The van der Waals surface area contributed by atoms with Gasteiger partial charge in [-0.1, -0.05) is 11.3 Å². The first-order chi connectivity index (χ1) is 16.9. The molecule has 0 atom stereocenters. The van der Waals surface area contributed by atoms with Gasteiger partial charge < -0.3 is 23.7 Å². The topological polar surface area (TPSA) is 126 Å². The molecule has 0 saturated carbocycles. The van der Waals surface area contributed by atoms with Crippen LogP contribution >= 0.6 is 11.3 Å². The highest BCUT2D eigenvalue weighted by Crippen LogP contribution is 2.37. The van der Waals surface area contributed by atoms with Crippen molar-refractivity contribution >= 4 is 44.8 Å². The summed E-state index contributed by atoms with van der Waals surface area (Å²) in [4.78, 5) is 42.9. The first kappa shape index (κ1) is 22.8. The Bertz CT molecular complexity index is 1400. The molecule has 2 aromatic carbocycles. The Hall–Kier alpha value is -3.93. The molecule has 0 N–H and O–H groups in total. The number of hydrogen-bond acceptors (Lipinski definition) is 9. The summed E-state index contributed by atoms with van der Waals surface area (Å²) in [6.07, 6.45) is 3.04. The monoisotopic (exact) mass is 498 g/mol. The Morgan fingerprint density at radius 2 is 1.89 bits per heavy atom. The second kappa shape index (κ2) is 9.37. The molecule has 0 aliphatic carbocycles. The zero-order valence-electron chi connectivity index (χ0n) is 18.9. The van der Waals surface area contributed by atoms with Crippen molar-refractivity contribution in [2.24, 2.45) is 4.99 Å². The van der Waals surface area contributed by atoms with Gasteiger partial charge in [-0.3, -0.25) is 19.7 Å². The predicted octanol–water partition coefficient (Wildman–Crippen LogP) is 3.24. The molecule has 0 spiro atoms. The predicted molar refractivity (Wildman–Crippen MR) is 127 cm³/mol. The van der Waals surface area contributed by atoms with Crippen LogP contribution in [0, 0.1) is 10.1 Å². The number of rotatable bonds is 5. The Morgan fingerprint density at radius 3 is 2.60 bits per heavy atom. The molecule has 35 heavy (non-hydrogen) atoms. The van der Waals surface area contributed by atoms with Crippen LogP contribution in [-0.4, -0.2) is 48.4 Å². The number of methoxy groups -OCH3 is 1. The van der Waals surface area contributed by atoms with Crippen LogP contribution in [0.5, 0.6) is 11.5 Å². The standard InChI is InChI=1S/C23H22N4O7S/c1-32-21(28)12-26-17-10-18-19(34-13-33-18)11-20(17)35-23(26)24-22(29)14-5-6-15(16(9-14)27(30)31)25-7-3-2-4-8-25/h5-6,9-11H,2-4,7-8,12-13H2,1H3. The van der Waals surface area contributed by atoms with E-state index in [1.807, 2.05) is 4.90 Å². The first-order valence-corrected chi connectivity index (χ1v) is 11.9. The van der Waals surface area contributed by atoms with Crippen LogP contribution < -0.4 is 19.2 Å². The van der Waals surface area contributed by atoms with Gasteiger partial charge in [-0.15, -0.1) is 0 Å². The molecule has 11 nitrogen and oxygen atoms in total. The molecular formula is C23H22N4O7S. The number of nitrogens with zero attached hydrogens (tertiary/aromatic N) is 4. The largest absolute Gasteiger partial charge is 0.468 e. The highest BCUT2D eigenvalue weighted by atomic mass is 32.1. The number of carbonyl (C=O) groups is 2. The van der Waals surface area contributed by atoms with Crippen LogP contribution in [0.4, 0.5) is 11.4 Å². The summed E-state index contributed by atoms with van der Waals surface area (Å²) in [5, 5.41) is 11.8. The Balaban J connectivity index is 1.56.